The summed E-state index contributed by atoms with van der Waals surface area (Å²) in [6.07, 6.45) is 1.81. The van der Waals surface area contributed by atoms with Crippen LogP contribution in [0, 0.1) is 5.82 Å². The predicted molar refractivity (Wildman–Crippen MR) is 114 cm³/mol. The molecule has 2 aromatic carbocycles. The van der Waals surface area contributed by atoms with Gasteiger partial charge in [0.2, 0.25) is 0 Å². The average Bonchev–Trinajstić information content (AvgIpc) is 3.22. The number of carbonyl (C=O) groups excluding carboxylic acids is 1. The number of hydrogen-bond acceptors (Lipinski definition) is 5. The van der Waals surface area contributed by atoms with E-state index in [4.69, 9.17) is 4.74 Å². The fraction of sp³-hybridized carbons (Fsp3) is 0.273. The molecule has 1 N–H and O–H groups in total. The molecule has 0 radical (unpaired) electrons. The van der Waals surface area contributed by atoms with E-state index in [9.17, 15) is 9.18 Å². The van der Waals surface area contributed by atoms with E-state index in [1.54, 1.807) is 23.3 Å². The number of carbonyl (C=O) groups is 1. The van der Waals surface area contributed by atoms with Crippen molar-refractivity contribution < 1.29 is 13.9 Å². The molecule has 4 rings (SSSR count). The third-order valence-corrected chi connectivity index (χ3v) is 5.72. The lowest BCUT2D eigenvalue weighted by Crippen LogP contribution is -2.35. The zero-order chi connectivity index (χ0) is 20.2. The second-order valence-corrected chi connectivity index (χ2v) is 7.73. The van der Waals surface area contributed by atoms with Crippen molar-refractivity contribution in [1.82, 2.24) is 4.98 Å². The Morgan fingerprint density at radius 1 is 1.28 bits per heavy atom. The number of thiazole rings is 1. The highest BCUT2D eigenvalue weighted by molar-refractivity contribution is 7.14. The van der Waals surface area contributed by atoms with Crippen molar-refractivity contribution in [3.05, 3.63) is 64.8 Å². The zero-order valence-corrected chi connectivity index (χ0v) is 17.0. The van der Waals surface area contributed by atoms with Crippen LogP contribution in [0.25, 0.3) is 11.3 Å². The normalized spacial score (nSPS) is 13.2. The van der Waals surface area contributed by atoms with Gasteiger partial charge in [0.25, 0.3) is 5.91 Å². The van der Waals surface area contributed by atoms with Crippen LogP contribution in [0.4, 0.5) is 15.2 Å². The molecule has 1 aliphatic rings. The number of anilines is 2. The second kappa shape index (κ2) is 8.71. The Kier molecular flexibility index (Phi) is 5.87. The molecule has 1 aromatic heterocycles. The third-order valence-electron chi connectivity index (χ3n) is 4.92. The third kappa shape index (κ3) is 4.31. The maximum Gasteiger partial charge on any atom is 0.258 e. The largest absolute Gasteiger partial charge is 0.383 e. The summed E-state index contributed by atoms with van der Waals surface area (Å²) in [6, 6.07) is 11.8. The van der Waals surface area contributed by atoms with Crippen molar-refractivity contribution in [3.63, 3.8) is 0 Å². The Labute approximate surface area is 173 Å². The molecule has 3 aromatic rings. The number of nitrogens with one attached hydrogen (secondary N) is 1. The fourth-order valence-electron chi connectivity index (χ4n) is 3.46. The number of hydrogen-bond donors (Lipinski definition) is 1. The van der Waals surface area contributed by atoms with Crippen LogP contribution < -0.4 is 10.2 Å². The van der Waals surface area contributed by atoms with E-state index in [1.807, 2.05) is 17.5 Å². The standard InChI is InChI=1S/C22H22FN3O2S/c1-28-12-10-24-22-25-19(14-29-22)16-6-9-20-17(13-16)3-2-11-26(20)21(27)15-4-7-18(23)8-5-15/h4-9,13-14H,2-3,10-12H2,1H3,(H,24,25). The molecule has 0 unspecified atom stereocenters. The van der Waals surface area contributed by atoms with Gasteiger partial charge < -0.3 is 15.0 Å². The molecule has 0 saturated carbocycles. The molecule has 0 bridgehead atoms. The highest BCUT2D eigenvalue weighted by Gasteiger charge is 2.24. The zero-order valence-electron chi connectivity index (χ0n) is 16.2. The summed E-state index contributed by atoms with van der Waals surface area (Å²) >= 11 is 1.56. The molecule has 0 fully saturated rings. The van der Waals surface area contributed by atoms with E-state index in [-0.39, 0.29) is 11.7 Å². The number of amides is 1. The molecule has 0 aliphatic carbocycles. The molecule has 29 heavy (non-hydrogen) atoms. The van der Waals surface area contributed by atoms with Gasteiger partial charge in [-0.1, -0.05) is 6.07 Å². The maximum atomic E-state index is 13.2. The van der Waals surface area contributed by atoms with E-state index in [0.29, 0.717) is 25.3 Å². The number of aromatic nitrogens is 1. The van der Waals surface area contributed by atoms with Crippen LogP contribution in [0.5, 0.6) is 0 Å². The molecule has 0 atom stereocenters. The van der Waals surface area contributed by atoms with Crippen LogP contribution >= 0.6 is 11.3 Å². The van der Waals surface area contributed by atoms with Gasteiger partial charge in [0, 0.05) is 42.4 Å². The van der Waals surface area contributed by atoms with Crippen molar-refractivity contribution in [2.24, 2.45) is 0 Å². The maximum absolute atomic E-state index is 13.2. The first-order valence-electron chi connectivity index (χ1n) is 9.55. The van der Waals surface area contributed by atoms with Crippen molar-refractivity contribution in [2.45, 2.75) is 12.8 Å². The summed E-state index contributed by atoms with van der Waals surface area (Å²) in [4.78, 5) is 19.4. The van der Waals surface area contributed by atoms with Crippen LogP contribution in [0.2, 0.25) is 0 Å². The van der Waals surface area contributed by atoms with Gasteiger partial charge in [0.15, 0.2) is 5.13 Å². The minimum Gasteiger partial charge on any atom is -0.383 e. The average molecular weight is 412 g/mol. The van der Waals surface area contributed by atoms with Gasteiger partial charge in [0.1, 0.15) is 5.82 Å². The number of rotatable bonds is 6. The summed E-state index contributed by atoms with van der Waals surface area (Å²) in [5, 5.41) is 6.14. The number of methoxy groups -OCH3 is 1. The molecule has 0 saturated heterocycles. The van der Waals surface area contributed by atoms with Crippen LogP contribution in [0.1, 0.15) is 22.3 Å². The monoisotopic (exact) mass is 411 g/mol. The molecule has 0 spiro atoms. The first-order valence-corrected chi connectivity index (χ1v) is 10.4. The summed E-state index contributed by atoms with van der Waals surface area (Å²) in [6.45, 7) is 2.01. The first kappa shape index (κ1) is 19.5. The van der Waals surface area contributed by atoms with E-state index in [1.165, 1.54) is 24.3 Å². The molecule has 2 heterocycles. The molecule has 150 valence electrons. The van der Waals surface area contributed by atoms with Gasteiger partial charge in [-0.05, 0) is 54.8 Å². The highest BCUT2D eigenvalue weighted by atomic mass is 32.1. The number of benzene rings is 2. The molecular formula is C22H22FN3O2S. The van der Waals surface area contributed by atoms with Crippen LogP contribution in [0.15, 0.2) is 47.8 Å². The van der Waals surface area contributed by atoms with E-state index < -0.39 is 0 Å². The Balaban J connectivity index is 1.55. The molecule has 1 aliphatic heterocycles. The minimum atomic E-state index is -0.343. The Morgan fingerprint density at radius 2 is 2.10 bits per heavy atom. The van der Waals surface area contributed by atoms with Crippen LogP contribution in [0.3, 0.4) is 0 Å². The van der Waals surface area contributed by atoms with Gasteiger partial charge >= 0.3 is 0 Å². The summed E-state index contributed by atoms with van der Waals surface area (Å²) in [5.41, 5.74) is 4.50. The number of halogens is 1. The second-order valence-electron chi connectivity index (χ2n) is 6.87. The topological polar surface area (TPSA) is 54.5 Å². The Hall–Kier alpha value is -2.77. The van der Waals surface area contributed by atoms with Gasteiger partial charge in [-0.15, -0.1) is 11.3 Å². The molecule has 1 amide bonds. The number of fused-ring (bicyclic) bond motifs is 1. The van der Waals surface area contributed by atoms with Crippen molar-refractivity contribution in [1.29, 1.82) is 0 Å². The van der Waals surface area contributed by atoms with E-state index in [2.05, 4.69) is 16.4 Å². The van der Waals surface area contributed by atoms with Gasteiger partial charge in [-0.3, -0.25) is 4.79 Å². The lowest BCUT2D eigenvalue weighted by molar-refractivity contribution is 0.0985. The number of ether oxygens (including phenoxy) is 1. The van der Waals surface area contributed by atoms with E-state index in [0.717, 1.165) is 40.5 Å². The fourth-order valence-corrected chi connectivity index (χ4v) is 4.21. The van der Waals surface area contributed by atoms with Crippen LogP contribution in [-0.2, 0) is 11.2 Å². The van der Waals surface area contributed by atoms with Crippen molar-refractivity contribution in [3.8, 4) is 11.3 Å². The smallest absolute Gasteiger partial charge is 0.258 e. The number of aryl methyl sites for hydroxylation is 1. The first-order chi connectivity index (χ1) is 14.2. The molecule has 7 heteroatoms. The SMILES string of the molecule is COCCNc1nc(-c2ccc3c(c2)CCCN3C(=O)c2ccc(F)cc2)cs1. The summed E-state index contributed by atoms with van der Waals surface area (Å²) in [7, 11) is 1.67. The predicted octanol–water partition coefficient (Wildman–Crippen LogP) is 4.60. The lowest BCUT2D eigenvalue weighted by atomic mass is 9.97. The quantitative estimate of drug-likeness (QED) is 0.603. The highest BCUT2D eigenvalue weighted by Crippen LogP contribution is 2.33. The molecule has 5 nitrogen and oxygen atoms in total. The Bertz CT molecular complexity index is 1000. The number of nitrogens with zero attached hydrogens (tertiary/aromatic N) is 2. The van der Waals surface area contributed by atoms with Gasteiger partial charge in [-0.25, -0.2) is 9.37 Å². The minimum absolute atomic E-state index is 0.100. The lowest BCUT2D eigenvalue weighted by Gasteiger charge is -2.30. The Morgan fingerprint density at radius 3 is 2.90 bits per heavy atom. The molecular weight excluding hydrogens is 389 g/mol. The van der Waals surface area contributed by atoms with E-state index >= 15 is 0 Å². The summed E-state index contributed by atoms with van der Waals surface area (Å²) in [5.74, 6) is -0.443. The van der Waals surface area contributed by atoms with Crippen molar-refractivity contribution in [2.75, 3.05) is 37.0 Å². The summed E-state index contributed by atoms with van der Waals surface area (Å²) < 4.78 is 18.2. The van der Waals surface area contributed by atoms with Crippen molar-refractivity contribution >= 4 is 28.1 Å². The van der Waals surface area contributed by atoms with Gasteiger partial charge in [0.05, 0.1) is 12.3 Å². The van der Waals surface area contributed by atoms with Crippen LogP contribution in [-0.4, -0.2) is 37.7 Å². The van der Waals surface area contributed by atoms with Gasteiger partial charge in [-0.2, -0.15) is 0 Å².